The Morgan fingerprint density at radius 2 is 2.26 bits per heavy atom. The Balaban J connectivity index is 2.01. The van der Waals surface area contributed by atoms with Crippen molar-refractivity contribution in [3.8, 4) is 0 Å². The molecule has 0 saturated heterocycles. The Morgan fingerprint density at radius 1 is 1.42 bits per heavy atom. The molecule has 0 bridgehead atoms. The quantitative estimate of drug-likeness (QED) is 0.879. The van der Waals surface area contributed by atoms with Crippen LogP contribution in [0.3, 0.4) is 0 Å². The van der Waals surface area contributed by atoms with E-state index in [0.717, 1.165) is 12.2 Å². The van der Waals surface area contributed by atoms with E-state index < -0.39 is 0 Å². The molecule has 1 heterocycles. The van der Waals surface area contributed by atoms with Gasteiger partial charge in [0.2, 0.25) is 5.89 Å². The van der Waals surface area contributed by atoms with E-state index in [4.69, 9.17) is 10.3 Å². The summed E-state index contributed by atoms with van der Waals surface area (Å²) in [5.74, 6) is 2.23. The highest BCUT2D eigenvalue weighted by atomic mass is 32.2. The van der Waals surface area contributed by atoms with Gasteiger partial charge in [-0.25, -0.2) is 0 Å². The van der Waals surface area contributed by atoms with Crippen LogP contribution in [0.4, 0.5) is 0 Å². The van der Waals surface area contributed by atoms with E-state index >= 15 is 0 Å². The standard InChI is InChI=1S/C14H19N3OS/c1-10-4-3-5-11(8-10)9-13-16-14(18-17-13)12(15)6-7-19-2/h3-5,8,12H,6-7,9,15H2,1-2H3/t12-/m0/s1. The lowest BCUT2D eigenvalue weighted by Gasteiger charge is -2.03. The minimum Gasteiger partial charge on any atom is -0.338 e. The van der Waals surface area contributed by atoms with Gasteiger partial charge in [0.1, 0.15) is 0 Å². The van der Waals surface area contributed by atoms with Crippen molar-refractivity contribution in [1.29, 1.82) is 0 Å². The van der Waals surface area contributed by atoms with Gasteiger partial charge in [-0.2, -0.15) is 16.7 Å². The van der Waals surface area contributed by atoms with Crippen molar-refractivity contribution in [3.63, 3.8) is 0 Å². The van der Waals surface area contributed by atoms with Crippen LogP contribution in [0, 0.1) is 6.92 Å². The second-order valence-electron chi connectivity index (χ2n) is 4.60. The fourth-order valence-corrected chi connectivity index (χ4v) is 2.35. The average Bonchev–Trinajstić information content (AvgIpc) is 2.84. The lowest BCUT2D eigenvalue weighted by atomic mass is 10.1. The van der Waals surface area contributed by atoms with Gasteiger partial charge in [0.05, 0.1) is 6.04 Å². The summed E-state index contributed by atoms with van der Waals surface area (Å²) in [5, 5.41) is 4.00. The van der Waals surface area contributed by atoms with Crippen LogP contribution in [0.2, 0.25) is 0 Å². The van der Waals surface area contributed by atoms with E-state index in [9.17, 15) is 0 Å². The lowest BCUT2D eigenvalue weighted by molar-refractivity contribution is 0.349. The molecule has 0 spiro atoms. The molecule has 0 aliphatic heterocycles. The highest BCUT2D eigenvalue weighted by molar-refractivity contribution is 7.98. The van der Waals surface area contributed by atoms with Crippen LogP contribution in [0.1, 0.15) is 35.3 Å². The van der Waals surface area contributed by atoms with Crippen LogP contribution >= 0.6 is 11.8 Å². The molecule has 0 fully saturated rings. The number of nitrogens with two attached hydrogens (primary N) is 1. The molecule has 2 N–H and O–H groups in total. The van der Waals surface area contributed by atoms with Gasteiger partial charge in [-0.3, -0.25) is 0 Å². The number of hydrogen-bond acceptors (Lipinski definition) is 5. The number of nitrogens with zero attached hydrogens (tertiary/aromatic N) is 2. The minimum atomic E-state index is -0.161. The third kappa shape index (κ3) is 4.08. The van der Waals surface area contributed by atoms with Crippen LogP contribution in [0.5, 0.6) is 0 Å². The summed E-state index contributed by atoms with van der Waals surface area (Å²) in [6.45, 7) is 2.07. The molecule has 0 radical (unpaired) electrons. The van der Waals surface area contributed by atoms with Crippen molar-refractivity contribution >= 4 is 11.8 Å². The fraction of sp³-hybridized carbons (Fsp3) is 0.429. The zero-order valence-corrected chi connectivity index (χ0v) is 12.1. The van der Waals surface area contributed by atoms with Gasteiger partial charge >= 0.3 is 0 Å². The second kappa shape index (κ2) is 6.73. The van der Waals surface area contributed by atoms with Crippen LogP contribution in [0.15, 0.2) is 28.8 Å². The number of benzene rings is 1. The third-order valence-electron chi connectivity index (χ3n) is 2.88. The van der Waals surface area contributed by atoms with Crippen LogP contribution < -0.4 is 5.73 Å². The number of thioether (sulfide) groups is 1. The normalized spacial score (nSPS) is 12.6. The van der Waals surface area contributed by atoms with Gasteiger partial charge in [-0.15, -0.1) is 0 Å². The molecule has 0 saturated carbocycles. The van der Waals surface area contributed by atoms with Crippen molar-refractivity contribution < 1.29 is 4.52 Å². The maximum atomic E-state index is 6.00. The Morgan fingerprint density at radius 3 is 3.00 bits per heavy atom. The Hall–Kier alpha value is -1.33. The number of aromatic nitrogens is 2. The second-order valence-corrected chi connectivity index (χ2v) is 5.59. The van der Waals surface area contributed by atoms with E-state index in [1.807, 2.05) is 6.07 Å². The average molecular weight is 277 g/mol. The summed E-state index contributed by atoms with van der Waals surface area (Å²) >= 11 is 1.77. The molecule has 0 aliphatic rings. The van der Waals surface area contributed by atoms with Crippen molar-refractivity contribution in [2.75, 3.05) is 12.0 Å². The van der Waals surface area contributed by atoms with Gasteiger partial charge in [-0.05, 0) is 30.9 Å². The molecule has 102 valence electrons. The Kier molecular flexibility index (Phi) is 4.99. The maximum absolute atomic E-state index is 6.00. The highest BCUT2D eigenvalue weighted by Crippen LogP contribution is 2.15. The molecule has 4 nitrogen and oxygen atoms in total. The molecule has 5 heteroatoms. The van der Waals surface area contributed by atoms with Gasteiger partial charge < -0.3 is 10.3 Å². The first-order valence-corrected chi connectivity index (χ1v) is 7.71. The zero-order valence-electron chi connectivity index (χ0n) is 11.3. The highest BCUT2D eigenvalue weighted by Gasteiger charge is 2.14. The topological polar surface area (TPSA) is 64.9 Å². The van der Waals surface area contributed by atoms with Crippen LogP contribution in [-0.2, 0) is 6.42 Å². The predicted octanol–water partition coefficient (Wildman–Crippen LogP) is 2.72. The molecule has 2 aromatic rings. The summed E-state index contributed by atoms with van der Waals surface area (Å²) in [4.78, 5) is 4.38. The molecule has 19 heavy (non-hydrogen) atoms. The van der Waals surface area contributed by atoms with Crippen molar-refractivity contribution in [2.45, 2.75) is 25.8 Å². The molecule has 1 atom stereocenters. The summed E-state index contributed by atoms with van der Waals surface area (Å²) in [6, 6.07) is 8.14. The monoisotopic (exact) mass is 277 g/mol. The molecule has 0 amide bonds. The van der Waals surface area contributed by atoms with Gasteiger partial charge in [0.15, 0.2) is 5.82 Å². The SMILES string of the molecule is CSCC[C@H](N)c1nc(Cc2cccc(C)c2)no1. The van der Waals surface area contributed by atoms with E-state index in [2.05, 4.69) is 41.5 Å². The number of aryl methyl sites for hydroxylation is 1. The van der Waals surface area contributed by atoms with Crippen molar-refractivity contribution in [1.82, 2.24) is 10.1 Å². The smallest absolute Gasteiger partial charge is 0.243 e. The Labute approximate surface area is 117 Å². The molecule has 0 unspecified atom stereocenters. The maximum Gasteiger partial charge on any atom is 0.243 e. The van der Waals surface area contributed by atoms with Crippen LogP contribution in [-0.4, -0.2) is 22.1 Å². The molecular weight excluding hydrogens is 258 g/mol. The molecule has 0 aliphatic carbocycles. The summed E-state index contributed by atoms with van der Waals surface area (Å²) in [5.41, 5.74) is 8.42. The first-order chi connectivity index (χ1) is 9.19. The first kappa shape index (κ1) is 14.1. The van der Waals surface area contributed by atoms with Crippen LogP contribution in [0.25, 0.3) is 0 Å². The van der Waals surface area contributed by atoms with E-state index in [-0.39, 0.29) is 6.04 Å². The van der Waals surface area contributed by atoms with Gasteiger partial charge in [0.25, 0.3) is 0 Å². The molecule has 2 rings (SSSR count). The Bertz CT molecular complexity index is 527. The van der Waals surface area contributed by atoms with E-state index in [1.165, 1.54) is 11.1 Å². The van der Waals surface area contributed by atoms with Gasteiger partial charge in [0, 0.05) is 6.42 Å². The summed E-state index contributed by atoms with van der Waals surface area (Å²) in [7, 11) is 0. The van der Waals surface area contributed by atoms with Crippen molar-refractivity contribution in [3.05, 3.63) is 47.1 Å². The summed E-state index contributed by atoms with van der Waals surface area (Å²) in [6.07, 6.45) is 3.59. The molecular formula is C14H19N3OS. The third-order valence-corrected chi connectivity index (χ3v) is 3.52. The fourth-order valence-electron chi connectivity index (χ4n) is 1.86. The van der Waals surface area contributed by atoms with Crippen molar-refractivity contribution in [2.24, 2.45) is 5.73 Å². The lowest BCUT2D eigenvalue weighted by Crippen LogP contribution is -2.11. The molecule has 1 aromatic carbocycles. The number of rotatable bonds is 6. The minimum absolute atomic E-state index is 0.161. The zero-order chi connectivity index (χ0) is 13.7. The number of hydrogen-bond donors (Lipinski definition) is 1. The predicted molar refractivity (Wildman–Crippen MR) is 78.2 cm³/mol. The summed E-state index contributed by atoms with van der Waals surface area (Å²) < 4.78 is 5.23. The van der Waals surface area contributed by atoms with E-state index in [0.29, 0.717) is 18.1 Å². The first-order valence-electron chi connectivity index (χ1n) is 6.31. The largest absolute Gasteiger partial charge is 0.338 e. The van der Waals surface area contributed by atoms with Gasteiger partial charge in [-0.1, -0.05) is 35.0 Å². The van der Waals surface area contributed by atoms with E-state index in [1.54, 1.807) is 11.8 Å². The molecule has 1 aromatic heterocycles.